The zero-order chi connectivity index (χ0) is 85.7. The normalized spacial score (nSPS) is 11.7. The van der Waals surface area contributed by atoms with Gasteiger partial charge in [0, 0.05) is 99.7 Å². The predicted octanol–water partition coefficient (Wildman–Crippen LogP) is 33.8. The molecule has 608 valence electrons. The molecule has 4 heterocycles. The molecule has 6 heteroatoms. The minimum atomic E-state index is 1.05. The molecule has 0 bridgehead atoms. The fourth-order valence-electron chi connectivity index (χ4n) is 20.5. The number of fused-ring (bicyclic) bond motifs is 13. The van der Waals surface area contributed by atoms with Crippen LogP contribution in [0.15, 0.2) is 497 Å². The van der Waals surface area contributed by atoms with Crippen molar-refractivity contribution >= 4 is 132 Å². The molecular formula is C124H82N6. The van der Waals surface area contributed by atoms with E-state index in [1.807, 2.05) is 0 Å². The average molecular weight is 1660 g/mol. The molecule has 0 unspecified atom stereocenters. The van der Waals surface area contributed by atoms with Crippen molar-refractivity contribution in [2.24, 2.45) is 0 Å². The highest BCUT2D eigenvalue weighted by Crippen LogP contribution is 2.48. The van der Waals surface area contributed by atoms with Crippen LogP contribution in [0, 0.1) is 0 Å². The van der Waals surface area contributed by atoms with Crippen molar-refractivity contribution in [2.45, 2.75) is 0 Å². The van der Waals surface area contributed by atoms with E-state index in [1.54, 1.807) is 0 Å². The van der Waals surface area contributed by atoms with E-state index in [4.69, 9.17) is 0 Å². The van der Waals surface area contributed by atoms with Crippen LogP contribution in [0.25, 0.3) is 199 Å². The fourth-order valence-corrected chi connectivity index (χ4v) is 20.5. The summed E-state index contributed by atoms with van der Waals surface area (Å²) in [5.41, 5.74) is 36.5. The third-order valence-electron chi connectivity index (χ3n) is 26.6. The predicted molar refractivity (Wildman–Crippen MR) is 549 cm³/mol. The summed E-state index contributed by atoms with van der Waals surface area (Å²) in [6.07, 6.45) is 0. The summed E-state index contributed by atoms with van der Waals surface area (Å²) in [7, 11) is 0. The molecule has 6 nitrogen and oxygen atoms in total. The van der Waals surface area contributed by atoms with Gasteiger partial charge in [-0.2, -0.15) is 0 Å². The van der Waals surface area contributed by atoms with E-state index >= 15 is 0 Å². The van der Waals surface area contributed by atoms with Gasteiger partial charge in [0.1, 0.15) is 0 Å². The number of aromatic nitrogens is 4. The molecule has 0 saturated heterocycles. The number of hydrogen-bond donors (Lipinski definition) is 0. The van der Waals surface area contributed by atoms with Gasteiger partial charge >= 0.3 is 0 Å². The Hall–Kier alpha value is -17.3. The van der Waals surface area contributed by atoms with Crippen LogP contribution in [0.4, 0.5) is 34.1 Å². The number of para-hydroxylation sites is 7. The van der Waals surface area contributed by atoms with Crippen molar-refractivity contribution in [1.29, 1.82) is 0 Å². The molecule has 21 aromatic carbocycles. The van der Waals surface area contributed by atoms with Gasteiger partial charge in [-0.25, -0.2) is 0 Å². The van der Waals surface area contributed by atoms with Crippen LogP contribution in [0.3, 0.4) is 0 Å². The highest BCUT2D eigenvalue weighted by Gasteiger charge is 2.25. The summed E-state index contributed by atoms with van der Waals surface area (Å²) >= 11 is 0. The first kappa shape index (κ1) is 75.2. The van der Waals surface area contributed by atoms with Crippen LogP contribution in [-0.2, 0) is 0 Å². The minimum absolute atomic E-state index is 1.05. The van der Waals surface area contributed by atoms with Gasteiger partial charge in [-0.1, -0.05) is 328 Å². The van der Waals surface area contributed by atoms with Gasteiger partial charge in [0.2, 0.25) is 0 Å². The highest BCUT2D eigenvalue weighted by molar-refractivity contribution is 6.17. The van der Waals surface area contributed by atoms with E-state index in [0.29, 0.717) is 0 Å². The Balaban J connectivity index is 0.547. The number of anilines is 6. The molecule has 0 saturated carbocycles. The molecule has 0 atom stereocenters. The minimum Gasteiger partial charge on any atom is -0.311 e. The average Bonchev–Trinajstić information content (AvgIpc) is 1.40. The smallest absolute Gasteiger partial charge is 0.0547 e. The van der Waals surface area contributed by atoms with Gasteiger partial charge < -0.3 is 28.1 Å². The van der Waals surface area contributed by atoms with Crippen molar-refractivity contribution in [3.05, 3.63) is 497 Å². The molecule has 0 fully saturated rings. The third-order valence-corrected chi connectivity index (χ3v) is 26.6. The zero-order valence-corrected chi connectivity index (χ0v) is 71.0. The summed E-state index contributed by atoms with van der Waals surface area (Å²) in [5, 5.41) is 12.2. The Morgan fingerprint density at radius 1 is 0.131 bits per heavy atom. The first-order chi connectivity index (χ1) is 64.5. The summed E-state index contributed by atoms with van der Waals surface area (Å²) in [6, 6.07) is 183. The molecule has 130 heavy (non-hydrogen) atoms. The lowest BCUT2D eigenvalue weighted by molar-refractivity contribution is 1.17. The van der Waals surface area contributed by atoms with Crippen LogP contribution in [0.2, 0.25) is 0 Å². The van der Waals surface area contributed by atoms with Crippen LogP contribution >= 0.6 is 0 Å². The van der Waals surface area contributed by atoms with Gasteiger partial charge in [0.05, 0.1) is 49.8 Å². The molecule has 0 N–H and O–H groups in total. The maximum atomic E-state index is 2.44. The van der Waals surface area contributed by atoms with Crippen molar-refractivity contribution in [1.82, 2.24) is 18.3 Å². The second-order valence-electron chi connectivity index (χ2n) is 33.9. The lowest BCUT2D eigenvalue weighted by Crippen LogP contribution is -2.11. The lowest BCUT2D eigenvalue weighted by Gasteiger charge is -2.28. The number of hydrogen-bond acceptors (Lipinski definition) is 2. The van der Waals surface area contributed by atoms with E-state index < -0.39 is 0 Å². The third kappa shape index (κ3) is 12.9. The Kier molecular flexibility index (Phi) is 18.2. The summed E-state index contributed by atoms with van der Waals surface area (Å²) in [6.45, 7) is 0. The Morgan fingerprint density at radius 3 is 0.862 bits per heavy atom. The van der Waals surface area contributed by atoms with E-state index in [0.717, 1.165) is 112 Å². The monoisotopic (exact) mass is 1650 g/mol. The van der Waals surface area contributed by atoms with Crippen molar-refractivity contribution in [3.8, 4) is 101 Å². The number of benzene rings is 21. The lowest BCUT2D eigenvalue weighted by atomic mass is 9.95. The van der Waals surface area contributed by atoms with E-state index in [1.165, 1.54) is 121 Å². The molecule has 0 spiro atoms. The first-order valence-electron chi connectivity index (χ1n) is 44.7. The SMILES string of the molecule is c1ccc(-c2ccc(-c3ccc(N(c4ccc(-c5ccc(-c6ccc7c8ccccc8n(-c8ccccc8)c7c6)cc5)cc4)c4ccc(-n5c6ccccc6c6c(-c7cccc(-c8ccc(N(c9ccc(-n%10c%11ccccc%11c%11ccccc%11%10)cc9)c9ccc(-c%10ccc%11c%12ccccc%12n(-c%12ccccc%12)c%11c%10)c%10ccccc9%10)cc8)c7)cccc65)cc4)cc3)cc2)cc1. The molecule has 0 aliphatic carbocycles. The largest absolute Gasteiger partial charge is 0.311 e. The molecular weight excluding hydrogens is 1570 g/mol. The molecule has 0 radical (unpaired) electrons. The van der Waals surface area contributed by atoms with Gasteiger partial charge in [-0.05, 0) is 253 Å². The standard InChI is InChI=1S/C124H82N6/c1-4-24-83(25-5-1)84-46-48-85(49-47-84)87-54-62-97(63-55-87)125(98-64-56-88(57-65-98)86-50-52-89(53-51-86)92-60-76-112-110-36-14-19-42-117(110)129(122(112)81-92)95-28-6-2-7-29-95)99-68-72-103(73-69-99)128-119-44-21-16-38-114(119)124-105(39-23-45-121(124)128)93-27-22-26-91(80-93)90-58-66-100(67-59-90)126(101-70-74-102(75-71-101)127-115-40-17-12-34-108(115)109-35-13-18-41-116(109)127)120-79-78-104(106-32-10-11-33-107(106)120)94-61-77-113-111-37-15-20-43-118(111)130(123(113)82-94)96-30-8-3-9-31-96/h1-82H. The Morgan fingerprint density at radius 2 is 0.400 bits per heavy atom. The van der Waals surface area contributed by atoms with Crippen LogP contribution in [-0.4, -0.2) is 18.3 Å². The second kappa shape index (κ2) is 31.4. The van der Waals surface area contributed by atoms with E-state index in [9.17, 15) is 0 Å². The second-order valence-corrected chi connectivity index (χ2v) is 33.9. The van der Waals surface area contributed by atoms with Gasteiger partial charge in [0.15, 0.2) is 0 Å². The summed E-state index contributed by atoms with van der Waals surface area (Å²) in [5.74, 6) is 0. The van der Waals surface area contributed by atoms with Crippen molar-refractivity contribution in [2.75, 3.05) is 9.80 Å². The first-order valence-corrected chi connectivity index (χ1v) is 44.7. The number of nitrogens with zero attached hydrogens (tertiary/aromatic N) is 6. The van der Waals surface area contributed by atoms with Gasteiger partial charge in [-0.3, -0.25) is 0 Å². The molecule has 0 aliphatic heterocycles. The van der Waals surface area contributed by atoms with Crippen molar-refractivity contribution < 1.29 is 0 Å². The molecule has 4 aromatic heterocycles. The highest BCUT2D eigenvalue weighted by atomic mass is 15.2. The van der Waals surface area contributed by atoms with Crippen LogP contribution in [0.1, 0.15) is 0 Å². The maximum absolute atomic E-state index is 2.44. The topological polar surface area (TPSA) is 26.2 Å². The number of rotatable bonds is 17. The van der Waals surface area contributed by atoms with Gasteiger partial charge in [0.25, 0.3) is 0 Å². The molecule has 0 amide bonds. The molecule has 0 aliphatic rings. The van der Waals surface area contributed by atoms with Crippen LogP contribution in [0.5, 0.6) is 0 Å². The van der Waals surface area contributed by atoms with E-state index in [2.05, 4.69) is 526 Å². The summed E-state index contributed by atoms with van der Waals surface area (Å²) in [4.78, 5) is 4.82. The van der Waals surface area contributed by atoms with Crippen LogP contribution < -0.4 is 9.80 Å². The summed E-state index contributed by atoms with van der Waals surface area (Å²) < 4.78 is 9.64. The fraction of sp³-hybridized carbons (Fsp3) is 0. The van der Waals surface area contributed by atoms with Gasteiger partial charge in [-0.15, -0.1) is 0 Å². The van der Waals surface area contributed by atoms with E-state index in [-0.39, 0.29) is 0 Å². The Bertz CT molecular complexity index is 8590. The quantitative estimate of drug-likeness (QED) is 0.0908. The zero-order valence-electron chi connectivity index (χ0n) is 71.0. The molecule has 25 rings (SSSR count). The molecule has 25 aromatic rings. The van der Waals surface area contributed by atoms with Crippen molar-refractivity contribution in [3.63, 3.8) is 0 Å². The maximum Gasteiger partial charge on any atom is 0.0547 e. The Labute approximate surface area is 753 Å².